The Labute approximate surface area is 145 Å². The normalized spacial score (nSPS) is 14.9. The fourth-order valence-corrected chi connectivity index (χ4v) is 3.28. The van der Waals surface area contributed by atoms with Gasteiger partial charge in [0.2, 0.25) is 11.6 Å². The maximum absolute atomic E-state index is 14.8. The van der Waals surface area contributed by atoms with Gasteiger partial charge in [-0.1, -0.05) is 0 Å². The van der Waals surface area contributed by atoms with Crippen LogP contribution >= 0.6 is 0 Å². The first kappa shape index (κ1) is 16.8. The van der Waals surface area contributed by atoms with Crippen molar-refractivity contribution in [2.24, 2.45) is 0 Å². The zero-order valence-corrected chi connectivity index (χ0v) is 13.5. The average Bonchev–Trinajstić information content (AvgIpc) is 3.25. The lowest BCUT2D eigenvalue weighted by Crippen LogP contribution is -2.11. The lowest BCUT2D eigenvalue weighted by atomic mass is 10.1. The van der Waals surface area contributed by atoms with E-state index in [0.29, 0.717) is 10.8 Å². The predicted molar refractivity (Wildman–Crippen MR) is 87.4 cm³/mol. The molecule has 0 aliphatic heterocycles. The van der Waals surface area contributed by atoms with Gasteiger partial charge in [0.1, 0.15) is 0 Å². The molecule has 3 aromatic rings. The molecule has 0 spiro atoms. The quantitative estimate of drug-likeness (QED) is 0.401. The highest BCUT2D eigenvalue weighted by Gasteiger charge is 2.23. The Balaban J connectivity index is 1.78. The number of rotatable bonds is 4. The third-order valence-corrected chi connectivity index (χ3v) is 4.49. The van der Waals surface area contributed by atoms with Gasteiger partial charge in [0.25, 0.3) is 0 Å². The van der Waals surface area contributed by atoms with Crippen LogP contribution < -0.4 is 9.47 Å². The second kappa shape index (κ2) is 6.55. The lowest BCUT2D eigenvalue weighted by molar-refractivity contribution is 0.201. The fraction of sp³-hybridized carbons (Fsp3) is 0.263. The minimum atomic E-state index is -2.10. The summed E-state index contributed by atoms with van der Waals surface area (Å²) in [4.78, 5) is 0. The van der Waals surface area contributed by atoms with E-state index in [0.717, 1.165) is 25.7 Å². The number of furan rings is 1. The van der Waals surface area contributed by atoms with Crippen molar-refractivity contribution in [2.75, 3.05) is 0 Å². The Hall–Kier alpha value is -2.70. The molecule has 1 fully saturated rings. The Kier molecular flexibility index (Phi) is 4.22. The van der Waals surface area contributed by atoms with E-state index >= 15 is 0 Å². The summed E-state index contributed by atoms with van der Waals surface area (Å²) in [6.45, 7) is 0. The summed E-state index contributed by atoms with van der Waals surface area (Å²) in [6, 6.07) is 5.71. The summed E-state index contributed by atoms with van der Waals surface area (Å²) < 4.78 is 69.1. The molecule has 7 heteroatoms. The molecule has 1 aliphatic rings. The van der Waals surface area contributed by atoms with E-state index in [1.54, 1.807) is 6.07 Å². The van der Waals surface area contributed by atoms with Gasteiger partial charge in [-0.25, -0.2) is 0 Å². The van der Waals surface area contributed by atoms with Crippen LogP contribution in [0.4, 0.5) is 17.6 Å². The van der Waals surface area contributed by atoms with Gasteiger partial charge >= 0.3 is 6.08 Å². The Bertz CT molecular complexity index is 999. The minimum Gasteiger partial charge on any atom is -0.487 e. The van der Waals surface area contributed by atoms with Crippen LogP contribution in [0.2, 0.25) is 0 Å². The largest absolute Gasteiger partial charge is 0.487 e. The monoisotopic (exact) mass is 366 g/mol. The lowest BCUT2D eigenvalue weighted by Gasteiger charge is -2.13. The minimum absolute atomic E-state index is 0.0366. The summed E-state index contributed by atoms with van der Waals surface area (Å²) in [5.74, 6) is -2.06. The van der Waals surface area contributed by atoms with E-state index in [-0.39, 0.29) is 29.3 Å². The third-order valence-electron chi connectivity index (χ3n) is 4.49. The first-order valence-electron chi connectivity index (χ1n) is 8.22. The van der Waals surface area contributed by atoms with Crippen LogP contribution in [0, 0.1) is 11.6 Å². The first-order chi connectivity index (χ1) is 12.5. The molecule has 0 radical (unpaired) electrons. The highest BCUT2D eigenvalue weighted by Crippen LogP contribution is 2.38. The zero-order chi connectivity index (χ0) is 18.3. The van der Waals surface area contributed by atoms with Crippen molar-refractivity contribution in [3.05, 3.63) is 48.2 Å². The molecule has 2 aromatic carbocycles. The molecule has 0 unspecified atom stereocenters. The van der Waals surface area contributed by atoms with Crippen molar-refractivity contribution in [3.8, 4) is 11.5 Å². The van der Waals surface area contributed by atoms with E-state index in [9.17, 15) is 17.6 Å². The molecule has 4 rings (SSSR count). The molecule has 0 bridgehead atoms. The molecular weight excluding hydrogens is 352 g/mol. The van der Waals surface area contributed by atoms with Crippen LogP contribution in [0.15, 0.2) is 41.0 Å². The van der Waals surface area contributed by atoms with Gasteiger partial charge in [-0.15, -0.1) is 0 Å². The van der Waals surface area contributed by atoms with Crippen molar-refractivity contribution in [3.63, 3.8) is 0 Å². The maximum Gasteiger partial charge on any atom is 0.305 e. The molecule has 0 saturated heterocycles. The molecule has 1 aliphatic carbocycles. The van der Waals surface area contributed by atoms with Gasteiger partial charge in [-0.2, -0.15) is 17.6 Å². The molecule has 26 heavy (non-hydrogen) atoms. The van der Waals surface area contributed by atoms with Crippen LogP contribution in [0.5, 0.6) is 11.5 Å². The molecule has 1 saturated carbocycles. The predicted octanol–water partition coefficient (Wildman–Crippen LogP) is 6.30. The second-order valence-corrected chi connectivity index (χ2v) is 6.16. The molecule has 136 valence electrons. The molecule has 0 N–H and O–H groups in total. The van der Waals surface area contributed by atoms with E-state index in [1.807, 2.05) is 0 Å². The van der Waals surface area contributed by atoms with Crippen molar-refractivity contribution >= 4 is 21.9 Å². The first-order valence-corrected chi connectivity index (χ1v) is 8.22. The SMILES string of the molecule is FC(F)=COc1ccc2c(oc3c(F)c(OC4CCCC4)ccc32)c1F. The molecule has 0 atom stereocenters. The summed E-state index contributed by atoms with van der Waals surface area (Å²) >= 11 is 0. The summed E-state index contributed by atoms with van der Waals surface area (Å²) in [5, 5.41) is 0.690. The van der Waals surface area contributed by atoms with Gasteiger partial charge in [0, 0.05) is 10.8 Å². The molecule has 1 heterocycles. The van der Waals surface area contributed by atoms with Crippen LogP contribution in [0.3, 0.4) is 0 Å². The van der Waals surface area contributed by atoms with Crippen LogP contribution in [0.25, 0.3) is 21.9 Å². The number of halogens is 4. The Morgan fingerprint density at radius 2 is 1.50 bits per heavy atom. The molecule has 1 aromatic heterocycles. The smallest absolute Gasteiger partial charge is 0.305 e. The van der Waals surface area contributed by atoms with Crippen LogP contribution in [-0.2, 0) is 0 Å². The highest BCUT2D eigenvalue weighted by atomic mass is 19.3. The van der Waals surface area contributed by atoms with E-state index in [1.165, 1.54) is 18.2 Å². The van der Waals surface area contributed by atoms with Crippen molar-refractivity contribution in [1.29, 1.82) is 0 Å². The van der Waals surface area contributed by atoms with Crippen LogP contribution in [-0.4, -0.2) is 6.10 Å². The van der Waals surface area contributed by atoms with Gasteiger partial charge < -0.3 is 13.9 Å². The summed E-state index contributed by atoms with van der Waals surface area (Å²) in [7, 11) is 0. The standard InChI is InChI=1S/C19H14F4O3/c20-15(21)9-24-13-7-5-11-12-6-8-14(25-10-3-1-2-4-10)17(23)19(12)26-18(11)16(13)22/h5-10H,1-4H2. The average molecular weight is 366 g/mol. The number of fused-ring (bicyclic) bond motifs is 3. The number of hydrogen-bond donors (Lipinski definition) is 0. The molecule has 0 amide bonds. The summed E-state index contributed by atoms with van der Waals surface area (Å²) in [6.07, 6.45) is 1.81. The zero-order valence-electron chi connectivity index (χ0n) is 13.5. The van der Waals surface area contributed by atoms with Gasteiger partial charge in [-0.3, -0.25) is 0 Å². The topological polar surface area (TPSA) is 31.6 Å². The highest BCUT2D eigenvalue weighted by molar-refractivity contribution is 6.06. The fourth-order valence-electron chi connectivity index (χ4n) is 3.28. The van der Waals surface area contributed by atoms with Crippen LogP contribution in [0.1, 0.15) is 25.7 Å². The van der Waals surface area contributed by atoms with Gasteiger partial charge in [0.15, 0.2) is 28.9 Å². The Morgan fingerprint density at radius 3 is 2.12 bits per heavy atom. The van der Waals surface area contributed by atoms with E-state index in [4.69, 9.17) is 9.15 Å². The van der Waals surface area contributed by atoms with Crippen molar-refractivity contribution < 1.29 is 31.5 Å². The molecular formula is C19H14F4O3. The van der Waals surface area contributed by atoms with E-state index < -0.39 is 23.5 Å². The van der Waals surface area contributed by atoms with Crippen molar-refractivity contribution in [2.45, 2.75) is 31.8 Å². The van der Waals surface area contributed by atoms with Gasteiger partial charge in [0.05, 0.1) is 6.10 Å². The number of hydrogen-bond acceptors (Lipinski definition) is 3. The molecule has 3 nitrogen and oxygen atoms in total. The number of benzene rings is 2. The maximum atomic E-state index is 14.8. The van der Waals surface area contributed by atoms with Crippen molar-refractivity contribution in [1.82, 2.24) is 0 Å². The summed E-state index contributed by atoms with van der Waals surface area (Å²) in [5.41, 5.74) is -0.402. The third kappa shape index (κ3) is 2.87. The van der Waals surface area contributed by atoms with E-state index in [2.05, 4.69) is 4.74 Å². The second-order valence-electron chi connectivity index (χ2n) is 6.16. The Morgan fingerprint density at radius 1 is 0.923 bits per heavy atom. The number of ether oxygens (including phenoxy) is 2. The van der Waals surface area contributed by atoms with Gasteiger partial charge in [-0.05, 0) is 49.9 Å².